The van der Waals surface area contributed by atoms with Crippen LogP contribution in [-0.2, 0) is 11.3 Å². The van der Waals surface area contributed by atoms with E-state index in [1.807, 2.05) is 6.92 Å². The molecule has 0 aliphatic rings. The average molecular weight is 345 g/mol. The van der Waals surface area contributed by atoms with Gasteiger partial charge >= 0.3 is 5.97 Å². The summed E-state index contributed by atoms with van der Waals surface area (Å²) in [6, 6.07) is 4.49. The fraction of sp³-hybridized carbons (Fsp3) is 0.462. The second-order valence-corrected chi connectivity index (χ2v) is 5.77. The van der Waals surface area contributed by atoms with Crippen LogP contribution in [0.25, 0.3) is 0 Å². The Morgan fingerprint density at radius 2 is 2.10 bits per heavy atom. The first kappa shape index (κ1) is 16.6. The Bertz CT molecular complexity index is 531. The Balaban J connectivity index is 3.02. The molecule has 0 aliphatic heterocycles. The number of halogens is 1. The lowest BCUT2D eigenvalue weighted by Gasteiger charge is -2.34. The molecule has 1 N–H and O–H groups in total. The smallest absolute Gasteiger partial charge is 0.323 e. The van der Waals surface area contributed by atoms with Crippen molar-refractivity contribution in [2.24, 2.45) is 0 Å². The minimum Gasteiger partial charge on any atom is -0.480 e. The Hall–Kier alpha value is -1.47. The van der Waals surface area contributed by atoms with E-state index in [0.29, 0.717) is 17.6 Å². The second kappa shape index (κ2) is 6.32. The van der Waals surface area contributed by atoms with Gasteiger partial charge in [-0.1, -0.05) is 22.9 Å². The lowest BCUT2D eigenvalue weighted by Crippen LogP contribution is -2.49. The number of rotatable bonds is 6. The van der Waals surface area contributed by atoms with E-state index < -0.39 is 16.4 Å². The van der Waals surface area contributed by atoms with E-state index >= 15 is 0 Å². The lowest BCUT2D eigenvalue weighted by atomic mass is 10.0. The van der Waals surface area contributed by atoms with Gasteiger partial charge < -0.3 is 5.11 Å². The van der Waals surface area contributed by atoms with E-state index in [1.54, 1.807) is 24.8 Å². The number of carbonyl (C=O) groups is 1. The predicted octanol–water partition coefficient (Wildman–Crippen LogP) is 3.04. The number of non-ortho nitro benzene ring substituents is 1. The van der Waals surface area contributed by atoms with Gasteiger partial charge in [-0.15, -0.1) is 0 Å². The molecule has 6 nitrogen and oxygen atoms in total. The highest BCUT2D eigenvalue weighted by Gasteiger charge is 2.33. The third-order valence-corrected chi connectivity index (χ3v) is 4.04. The van der Waals surface area contributed by atoms with Gasteiger partial charge in [-0.3, -0.25) is 19.8 Å². The van der Waals surface area contributed by atoms with Gasteiger partial charge in [0.05, 0.1) is 4.92 Å². The van der Waals surface area contributed by atoms with Crippen LogP contribution in [0.5, 0.6) is 0 Å². The van der Waals surface area contributed by atoms with Gasteiger partial charge in [-0.25, -0.2) is 0 Å². The molecule has 1 aromatic rings. The number of benzene rings is 1. The predicted molar refractivity (Wildman–Crippen MR) is 78.6 cm³/mol. The molecule has 0 aromatic heterocycles. The number of hydrogen-bond donors (Lipinski definition) is 1. The maximum absolute atomic E-state index is 11.3. The molecule has 0 radical (unpaired) electrons. The molecule has 0 atom stereocenters. The second-order valence-electron chi connectivity index (χ2n) is 4.91. The number of aliphatic carboxylic acids is 1. The summed E-state index contributed by atoms with van der Waals surface area (Å²) < 4.78 is 0.603. The van der Waals surface area contributed by atoms with Crippen molar-refractivity contribution in [3.8, 4) is 0 Å². The standard InChI is InChI=1S/C13H17BrN2O4/c1-4-15(13(2,3)12(17)18)8-9-5-6-10(16(19)20)7-11(9)14/h5-7H,4,8H2,1-3H3,(H,17,18). The zero-order valence-electron chi connectivity index (χ0n) is 11.6. The van der Waals surface area contributed by atoms with Gasteiger partial charge in [0.25, 0.3) is 5.69 Å². The molecule has 1 rings (SSSR count). The van der Waals surface area contributed by atoms with Crippen LogP contribution in [0.3, 0.4) is 0 Å². The van der Waals surface area contributed by atoms with Crippen molar-refractivity contribution in [1.82, 2.24) is 4.90 Å². The van der Waals surface area contributed by atoms with E-state index in [4.69, 9.17) is 0 Å². The maximum Gasteiger partial charge on any atom is 0.323 e. The molecule has 0 fully saturated rings. The summed E-state index contributed by atoms with van der Waals surface area (Å²) in [5, 5.41) is 20.0. The van der Waals surface area contributed by atoms with Crippen LogP contribution in [-0.4, -0.2) is 33.0 Å². The third kappa shape index (κ3) is 3.55. The Morgan fingerprint density at radius 3 is 2.50 bits per heavy atom. The molecule has 7 heteroatoms. The summed E-state index contributed by atoms with van der Waals surface area (Å²) in [6.45, 7) is 6.11. The number of nitrogens with zero attached hydrogens (tertiary/aromatic N) is 2. The van der Waals surface area contributed by atoms with E-state index in [0.717, 1.165) is 5.56 Å². The van der Waals surface area contributed by atoms with Gasteiger partial charge in [-0.05, 0) is 32.0 Å². The Labute approximate surface area is 125 Å². The SMILES string of the molecule is CCN(Cc1ccc([N+](=O)[O-])cc1Br)C(C)(C)C(=O)O. The number of hydrogen-bond acceptors (Lipinski definition) is 4. The van der Waals surface area contributed by atoms with Crippen LogP contribution in [0, 0.1) is 10.1 Å². The molecule has 0 aliphatic carbocycles. The normalized spacial score (nSPS) is 11.7. The summed E-state index contributed by atoms with van der Waals surface area (Å²) in [5.74, 6) is -0.905. The van der Waals surface area contributed by atoms with E-state index in [-0.39, 0.29) is 5.69 Å². The molecule has 1 aromatic carbocycles. The van der Waals surface area contributed by atoms with Gasteiger partial charge in [0.1, 0.15) is 5.54 Å². The third-order valence-electron chi connectivity index (χ3n) is 3.30. The highest BCUT2D eigenvalue weighted by Crippen LogP contribution is 2.26. The molecular weight excluding hydrogens is 328 g/mol. The zero-order chi connectivity index (χ0) is 15.5. The molecule has 0 bridgehead atoms. The highest BCUT2D eigenvalue weighted by atomic mass is 79.9. The molecular formula is C13H17BrN2O4. The fourth-order valence-corrected chi connectivity index (χ4v) is 2.32. The number of carboxylic acids is 1. The van der Waals surface area contributed by atoms with Crippen LogP contribution in [0.2, 0.25) is 0 Å². The van der Waals surface area contributed by atoms with Gasteiger partial charge in [0.15, 0.2) is 0 Å². The number of nitro groups is 1. The molecule has 0 unspecified atom stereocenters. The number of carboxylic acid groups (broad SMARTS) is 1. The molecule has 20 heavy (non-hydrogen) atoms. The van der Waals surface area contributed by atoms with Crippen molar-refractivity contribution in [2.75, 3.05) is 6.54 Å². The Morgan fingerprint density at radius 1 is 1.50 bits per heavy atom. The van der Waals surface area contributed by atoms with Crippen molar-refractivity contribution in [3.05, 3.63) is 38.3 Å². The maximum atomic E-state index is 11.3. The largest absolute Gasteiger partial charge is 0.480 e. The first-order chi connectivity index (χ1) is 9.20. The topological polar surface area (TPSA) is 83.7 Å². The lowest BCUT2D eigenvalue weighted by molar-refractivity contribution is -0.384. The Kier molecular flexibility index (Phi) is 5.24. The van der Waals surface area contributed by atoms with Gasteiger partial charge in [0, 0.05) is 23.2 Å². The minimum atomic E-state index is -1.00. The summed E-state index contributed by atoms with van der Waals surface area (Å²) in [4.78, 5) is 23.3. The summed E-state index contributed by atoms with van der Waals surface area (Å²) in [5.41, 5.74) is -0.191. The fourth-order valence-electron chi connectivity index (χ4n) is 1.82. The number of nitro benzene ring substituents is 1. The van der Waals surface area contributed by atoms with Gasteiger partial charge in [-0.2, -0.15) is 0 Å². The summed E-state index contributed by atoms with van der Waals surface area (Å²) >= 11 is 3.30. The van der Waals surface area contributed by atoms with Crippen molar-refractivity contribution >= 4 is 27.6 Å². The van der Waals surface area contributed by atoms with E-state index in [1.165, 1.54) is 12.1 Å². The van der Waals surface area contributed by atoms with Crippen molar-refractivity contribution < 1.29 is 14.8 Å². The monoisotopic (exact) mass is 344 g/mol. The van der Waals surface area contributed by atoms with Gasteiger partial charge in [0.2, 0.25) is 0 Å². The van der Waals surface area contributed by atoms with Crippen molar-refractivity contribution in [3.63, 3.8) is 0 Å². The molecule has 0 spiro atoms. The first-order valence-electron chi connectivity index (χ1n) is 6.11. The van der Waals surface area contributed by atoms with E-state index in [2.05, 4.69) is 15.9 Å². The van der Waals surface area contributed by atoms with E-state index in [9.17, 15) is 20.0 Å². The first-order valence-corrected chi connectivity index (χ1v) is 6.90. The molecule has 110 valence electrons. The van der Waals surface area contributed by atoms with Crippen molar-refractivity contribution in [1.29, 1.82) is 0 Å². The highest BCUT2D eigenvalue weighted by molar-refractivity contribution is 9.10. The summed E-state index contributed by atoms with van der Waals surface area (Å²) in [6.07, 6.45) is 0. The van der Waals surface area contributed by atoms with Crippen LogP contribution in [0.4, 0.5) is 5.69 Å². The van der Waals surface area contributed by atoms with Crippen LogP contribution in [0.1, 0.15) is 26.3 Å². The molecule has 0 saturated heterocycles. The van der Waals surface area contributed by atoms with Crippen molar-refractivity contribution in [2.45, 2.75) is 32.9 Å². The summed E-state index contributed by atoms with van der Waals surface area (Å²) in [7, 11) is 0. The molecule has 0 amide bonds. The average Bonchev–Trinajstić information content (AvgIpc) is 2.36. The number of likely N-dealkylation sites (N-methyl/N-ethyl adjacent to an activating group) is 1. The molecule has 0 heterocycles. The van der Waals surface area contributed by atoms with Crippen LogP contribution < -0.4 is 0 Å². The zero-order valence-corrected chi connectivity index (χ0v) is 13.2. The van der Waals surface area contributed by atoms with Crippen LogP contribution in [0.15, 0.2) is 22.7 Å². The minimum absolute atomic E-state index is 0.00108. The molecule has 0 saturated carbocycles. The quantitative estimate of drug-likeness (QED) is 0.633. The van der Waals surface area contributed by atoms with Crippen LogP contribution >= 0.6 is 15.9 Å².